The van der Waals surface area contributed by atoms with Crippen molar-refractivity contribution < 1.29 is 4.79 Å². The van der Waals surface area contributed by atoms with Gasteiger partial charge in [-0.3, -0.25) is 4.79 Å². The number of halogens is 1. The number of carbonyl (C=O) groups excluding carboxylic acids is 1. The Labute approximate surface area is 114 Å². The maximum absolute atomic E-state index is 11.8. The molecule has 1 amide bonds. The minimum absolute atomic E-state index is 0.0598. The van der Waals surface area contributed by atoms with Crippen molar-refractivity contribution in [1.82, 2.24) is 4.98 Å². The maximum atomic E-state index is 11.8. The average molecular weight is 305 g/mol. The van der Waals surface area contributed by atoms with Crippen LogP contribution in [-0.4, -0.2) is 10.9 Å². The fourth-order valence-corrected chi connectivity index (χ4v) is 1.80. The van der Waals surface area contributed by atoms with Gasteiger partial charge in [0.2, 0.25) is 5.91 Å². The van der Waals surface area contributed by atoms with E-state index in [9.17, 15) is 4.79 Å². The van der Waals surface area contributed by atoms with E-state index in [1.165, 1.54) is 0 Å². The molecule has 0 aliphatic rings. The van der Waals surface area contributed by atoms with E-state index in [-0.39, 0.29) is 5.91 Å². The summed E-state index contributed by atoms with van der Waals surface area (Å²) in [5.41, 5.74) is 1.84. The quantitative estimate of drug-likeness (QED) is 0.945. The maximum Gasteiger partial charge on any atom is 0.229 e. The molecule has 0 bridgehead atoms. The Morgan fingerprint density at radius 2 is 1.94 bits per heavy atom. The molecule has 0 unspecified atom stereocenters. The minimum atomic E-state index is -0.0598. The topological polar surface area (TPSA) is 42.0 Å². The van der Waals surface area contributed by atoms with Crippen molar-refractivity contribution in [3.63, 3.8) is 0 Å². The number of aromatic nitrogens is 1. The Balaban J connectivity index is 2.01. The summed E-state index contributed by atoms with van der Waals surface area (Å²) in [5, 5.41) is 2.79. The molecule has 1 aromatic heterocycles. The molecule has 18 heavy (non-hydrogen) atoms. The molecule has 0 spiro atoms. The largest absolute Gasteiger partial charge is 0.310 e. The molecule has 2 rings (SSSR count). The summed E-state index contributed by atoms with van der Waals surface area (Å²) in [6, 6.07) is 13.3. The van der Waals surface area contributed by atoms with Crippen LogP contribution in [0.5, 0.6) is 0 Å². The smallest absolute Gasteiger partial charge is 0.229 e. The highest BCUT2D eigenvalue weighted by atomic mass is 79.9. The molecule has 0 radical (unpaired) electrons. The fraction of sp³-hybridized carbons (Fsp3) is 0.143. The second-order valence-electron chi connectivity index (χ2n) is 3.97. The van der Waals surface area contributed by atoms with Crippen LogP contribution < -0.4 is 5.32 Å². The van der Waals surface area contributed by atoms with Gasteiger partial charge in [0.1, 0.15) is 5.82 Å². The minimum Gasteiger partial charge on any atom is -0.310 e. The SMILES string of the molecule is Cc1nc(NC(=O)Cc2ccccc2)ccc1Br. The molecule has 2 aromatic rings. The molecular weight excluding hydrogens is 292 g/mol. The zero-order valence-corrected chi connectivity index (χ0v) is 11.6. The number of nitrogens with zero attached hydrogens (tertiary/aromatic N) is 1. The Kier molecular flexibility index (Phi) is 4.10. The van der Waals surface area contributed by atoms with Gasteiger partial charge in [0.15, 0.2) is 0 Å². The first-order valence-corrected chi connectivity index (χ1v) is 6.41. The summed E-state index contributed by atoms with van der Waals surface area (Å²) in [7, 11) is 0. The molecular formula is C14H13BrN2O. The molecule has 0 saturated carbocycles. The van der Waals surface area contributed by atoms with E-state index < -0.39 is 0 Å². The highest BCUT2D eigenvalue weighted by Gasteiger charge is 2.05. The van der Waals surface area contributed by atoms with Crippen molar-refractivity contribution in [3.8, 4) is 0 Å². The van der Waals surface area contributed by atoms with Gasteiger partial charge in [0, 0.05) is 4.47 Å². The van der Waals surface area contributed by atoms with Gasteiger partial charge >= 0.3 is 0 Å². The zero-order valence-electron chi connectivity index (χ0n) is 9.98. The number of rotatable bonds is 3. The lowest BCUT2D eigenvalue weighted by molar-refractivity contribution is -0.115. The van der Waals surface area contributed by atoms with E-state index in [0.29, 0.717) is 12.2 Å². The summed E-state index contributed by atoms with van der Waals surface area (Å²) >= 11 is 3.37. The molecule has 0 atom stereocenters. The van der Waals surface area contributed by atoms with Crippen LogP contribution in [0.3, 0.4) is 0 Å². The number of amides is 1. The number of hydrogen-bond acceptors (Lipinski definition) is 2. The summed E-state index contributed by atoms with van der Waals surface area (Å²) in [6.45, 7) is 1.89. The van der Waals surface area contributed by atoms with Gasteiger partial charge in [-0.25, -0.2) is 4.98 Å². The lowest BCUT2D eigenvalue weighted by atomic mass is 10.1. The number of hydrogen-bond donors (Lipinski definition) is 1. The lowest BCUT2D eigenvalue weighted by Gasteiger charge is -2.06. The van der Waals surface area contributed by atoms with E-state index in [0.717, 1.165) is 15.7 Å². The first-order valence-electron chi connectivity index (χ1n) is 5.62. The highest BCUT2D eigenvalue weighted by Crippen LogP contribution is 2.16. The van der Waals surface area contributed by atoms with E-state index >= 15 is 0 Å². The third kappa shape index (κ3) is 3.40. The van der Waals surface area contributed by atoms with E-state index in [1.54, 1.807) is 6.07 Å². The van der Waals surface area contributed by atoms with Crippen molar-refractivity contribution in [2.75, 3.05) is 5.32 Å². The van der Waals surface area contributed by atoms with Crippen LogP contribution in [0.25, 0.3) is 0 Å². The van der Waals surface area contributed by atoms with Crippen LogP contribution in [0.1, 0.15) is 11.3 Å². The van der Waals surface area contributed by atoms with Crippen molar-refractivity contribution in [1.29, 1.82) is 0 Å². The Hall–Kier alpha value is -1.68. The standard InChI is InChI=1S/C14H13BrN2O/c1-10-12(15)7-8-13(16-10)17-14(18)9-11-5-3-2-4-6-11/h2-8H,9H2,1H3,(H,16,17,18). The van der Waals surface area contributed by atoms with Gasteiger partial charge in [-0.05, 0) is 40.5 Å². The van der Waals surface area contributed by atoms with Crippen molar-refractivity contribution >= 4 is 27.7 Å². The molecule has 0 saturated heterocycles. The summed E-state index contributed by atoms with van der Waals surface area (Å²) < 4.78 is 0.934. The van der Waals surface area contributed by atoms with Gasteiger partial charge in [0.25, 0.3) is 0 Å². The number of anilines is 1. The van der Waals surface area contributed by atoms with Gasteiger partial charge in [-0.15, -0.1) is 0 Å². The monoisotopic (exact) mass is 304 g/mol. The average Bonchev–Trinajstić information content (AvgIpc) is 2.35. The van der Waals surface area contributed by atoms with Crippen LogP contribution in [0, 0.1) is 6.92 Å². The second-order valence-corrected chi connectivity index (χ2v) is 4.83. The molecule has 0 aliphatic carbocycles. The number of aryl methyl sites for hydroxylation is 1. The van der Waals surface area contributed by atoms with Crippen LogP contribution in [0.15, 0.2) is 46.9 Å². The molecule has 4 heteroatoms. The van der Waals surface area contributed by atoms with Crippen molar-refractivity contribution in [3.05, 3.63) is 58.2 Å². The van der Waals surface area contributed by atoms with E-state index in [1.807, 2.05) is 43.3 Å². The van der Waals surface area contributed by atoms with E-state index in [4.69, 9.17) is 0 Å². The second kappa shape index (κ2) is 5.78. The van der Waals surface area contributed by atoms with Crippen LogP contribution in [0.4, 0.5) is 5.82 Å². The van der Waals surface area contributed by atoms with Crippen molar-refractivity contribution in [2.45, 2.75) is 13.3 Å². The highest BCUT2D eigenvalue weighted by molar-refractivity contribution is 9.10. The van der Waals surface area contributed by atoms with Crippen LogP contribution >= 0.6 is 15.9 Å². The van der Waals surface area contributed by atoms with Gasteiger partial charge in [-0.1, -0.05) is 30.3 Å². The predicted molar refractivity (Wildman–Crippen MR) is 75.4 cm³/mol. The number of carbonyl (C=O) groups is 1. The van der Waals surface area contributed by atoms with Crippen LogP contribution in [-0.2, 0) is 11.2 Å². The Morgan fingerprint density at radius 1 is 1.22 bits per heavy atom. The molecule has 1 heterocycles. The van der Waals surface area contributed by atoms with Gasteiger partial charge < -0.3 is 5.32 Å². The third-order valence-electron chi connectivity index (χ3n) is 2.50. The number of nitrogens with one attached hydrogen (secondary N) is 1. The Morgan fingerprint density at radius 3 is 2.61 bits per heavy atom. The summed E-state index contributed by atoms with van der Waals surface area (Å²) in [6.07, 6.45) is 0.359. The van der Waals surface area contributed by atoms with Crippen molar-refractivity contribution in [2.24, 2.45) is 0 Å². The predicted octanol–water partition coefficient (Wildman–Crippen LogP) is 3.33. The molecule has 1 N–H and O–H groups in total. The normalized spacial score (nSPS) is 10.1. The molecule has 0 aliphatic heterocycles. The fourth-order valence-electron chi connectivity index (χ4n) is 1.58. The van der Waals surface area contributed by atoms with Crippen LogP contribution in [0.2, 0.25) is 0 Å². The number of benzene rings is 1. The zero-order chi connectivity index (χ0) is 13.0. The summed E-state index contributed by atoms with van der Waals surface area (Å²) in [4.78, 5) is 16.1. The molecule has 1 aromatic carbocycles. The lowest BCUT2D eigenvalue weighted by Crippen LogP contribution is -2.15. The van der Waals surface area contributed by atoms with Gasteiger partial charge in [-0.2, -0.15) is 0 Å². The Bertz CT molecular complexity index is 555. The van der Waals surface area contributed by atoms with Gasteiger partial charge in [0.05, 0.1) is 12.1 Å². The molecule has 3 nitrogen and oxygen atoms in total. The number of pyridine rings is 1. The first-order chi connectivity index (χ1) is 8.65. The molecule has 0 fully saturated rings. The van der Waals surface area contributed by atoms with E-state index in [2.05, 4.69) is 26.2 Å². The molecule has 92 valence electrons. The third-order valence-corrected chi connectivity index (χ3v) is 3.33. The summed E-state index contributed by atoms with van der Waals surface area (Å²) in [5.74, 6) is 0.520. The first kappa shape index (κ1) is 12.8.